The van der Waals surface area contributed by atoms with Crippen molar-refractivity contribution in [2.75, 3.05) is 18.5 Å². The van der Waals surface area contributed by atoms with Gasteiger partial charge in [0.05, 0.1) is 12.2 Å². The molecule has 0 saturated carbocycles. The van der Waals surface area contributed by atoms with E-state index in [1.807, 2.05) is 18.6 Å². The van der Waals surface area contributed by atoms with Gasteiger partial charge < -0.3 is 16.0 Å². The van der Waals surface area contributed by atoms with Gasteiger partial charge in [-0.1, -0.05) is 0 Å². The fraction of sp³-hybridized carbons (Fsp3) is 0.538. The maximum absolute atomic E-state index is 11.1. The van der Waals surface area contributed by atoms with Gasteiger partial charge >= 0.3 is 0 Å². The molecule has 20 heavy (non-hydrogen) atoms. The fourth-order valence-corrected chi connectivity index (χ4v) is 2.68. The molecule has 1 amide bonds. The summed E-state index contributed by atoms with van der Waals surface area (Å²) in [5.74, 6) is 0.436. The van der Waals surface area contributed by atoms with Gasteiger partial charge in [-0.15, -0.1) is 11.3 Å². The number of likely N-dealkylation sites (N-methyl/N-ethyl adjacent to an activating group) is 1. The molecule has 2 aromatic heterocycles. The van der Waals surface area contributed by atoms with E-state index in [9.17, 15) is 4.79 Å². The summed E-state index contributed by atoms with van der Waals surface area (Å²) in [4.78, 5) is 18.4. The number of carbonyl (C=O) groups excluding carboxylic acids is 1. The second-order valence-corrected chi connectivity index (χ2v) is 6.74. The van der Waals surface area contributed by atoms with Crippen molar-refractivity contribution in [1.29, 1.82) is 0 Å². The molecule has 0 aliphatic heterocycles. The number of hydrogen-bond donors (Lipinski definition) is 2. The molecule has 0 aliphatic carbocycles. The number of thiazole rings is 1. The van der Waals surface area contributed by atoms with Gasteiger partial charge in [0.1, 0.15) is 0 Å². The predicted octanol–water partition coefficient (Wildman–Crippen LogP) is 1.21. The van der Waals surface area contributed by atoms with Crippen molar-refractivity contribution in [1.82, 2.24) is 14.7 Å². The van der Waals surface area contributed by atoms with Crippen LogP contribution in [0.25, 0.3) is 4.96 Å². The molecule has 0 saturated heterocycles. The lowest BCUT2D eigenvalue weighted by Crippen LogP contribution is -2.36. The standard InChI is InChI=1S/C13H21N5OS/c1-13(2,3)15-7-9-11(17(4)8-10(14)19)16-12-18(9)5-6-20-12/h5-6,15H,7-8H2,1-4H3,(H2,14,19). The highest BCUT2D eigenvalue weighted by Gasteiger charge is 2.19. The van der Waals surface area contributed by atoms with Crippen molar-refractivity contribution >= 4 is 28.0 Å². The third kappa shape index (κ3) is 3.29. The number of anilines is 1. The summed E-state index contributed by atoms with van der Waals surface area (Å²) < 4.78 is 2.05. The number of primary amides is 1. The number of nitrogens with two attached hydrogens (primary N) is 1. The molecule has 2 aromatic rings. The van der Waals surface area contributed by atoms with Gasteiger partial charge in [0.25, 0.3) is 0 Å². The lowest BCUT2D eigenvalue weighted by atomic mass is 10.1. The maximum atomic E-state index is 11.1. The number of hydrogen-bond acceptors (Lipinski definition) is 5. The smallest absolute Gasteiger partial charge is 0.236 e. The topological polar surface area (TPSA) is 75.7 Å². The van der Waals surface area contributed by atoms with Gasteiger partial charge in [-0.25, -0.2) is 4.98 Å². The highest BCUT2D eigenvalue weighted by atomic mass is 32.1. The lowest BCUT2D eigenvalue weighted by molar-refractivity contribution is -0.116. The number of amides is 1. The largest absolute Gasteiger partial charge is 0.368 e. The van der Waals surface area contributed by atoms with Crippen LogP contribution in [0.1, 0.15) is 26.5 Å². The first-order chi connectivity index (χ1) is 9.28. The Morgan fingerprint density at radius 2 is 2.25 bits per heavy atom. The predicted molar refractivity (Wildman–Crippen MR) is 82.1 cm³/mol. The van der Waals surface area contributed by atoms with Gasteiger partial charge in [-0.3, -0.25) is 9.20 Å². The zero-order valence-corrected chi connectivity index (χ0v) is 13.1. The molecule has 6 nitrogen and oxygen atoms in total. The molecular weight excluding hydrogens is 274 g/mol. The molecule has 0 aromatic carbocycles. The average Bonchev–Trinajstić information content (AvgIpc) is 2.83. The quantitative estimate of drug-likeness (QED) is 0.869. The highest BCUT2D eigenvalue weighted by molar-refractivity contribution is 7.15. The number of nitrogens with zero attached hydrogens (tertiary/aromatic N) is 3. The second kappa shape index (κ2) is 5.41. The minimum absolute atomic E-state index is 0.0136. The first-order valence-electron chi connectivity index (χ1n) is 6.47. The van der Waals surface area contributed by atoms with Crippen LogP contribution in [-0.4, -0.2) is 34.4 Å². The van der Waals surface area contributed by atoms with Gasteiger partial charge in [0.2, 0.25) is 5.91 Å². The summed E-state index contributed by atoms with van der Waals surface area (Å²) in [6.45, 7) is 7.19. The van der Waals surface area contributed by atoms with Crippen LogP contribution in [0, 0.1) is 0 Å². The molecule has 0 atom stereocenters. The minimum Gasteiger partial charge on any atom is -0.368 e. The number of carbonyl (C=O) groups is 1. The zero-order valence-electron chi connectivity index (χ0n) is 12.3. The number of nitrogens with one attached hydrogen (secondary N) is 1. The van der Waals surface area contributed by atoms with Crippen LogP contribution in [0.4, 0.5) is 5.82 Å². The Labute approximate surface area is 122 Å². The molecule has 3 N–H and O–H groups in total. The third-order valence-electron chi connectivity index (χ3n) is 2.88. The van der Waals surface area contributed by atoms with E-state index in [-0.39, 0.29) is 18.0 Å². The monoisotopic (exact) mass is 295 g/mol. The maximum Gasteiger partial charge on any atom is 0.236 e. The van der Waals surface area contributed by atoms with E-state index in [1.165, 1.54) is 0 Å². The van der Waals surface area contributed by atoms with Crippen molar-refractivity contribution in [2.24, 2.45) is 5.73 Å². The van der Waals surface area contributed by atoms with Crippen LogP contribution in [0.2, 0.25) is 0 Å². The fourth-order valence-electron chi connectivity index (χ4n) is 1.95. The Kier molecular flexibility index (Phi) is 4.01. The number of fused-ring (bicyclic) bond motifs is 1. The van der Waals surface area contributed by atoms with E-state index in [1.54, 1.807) is 16.2 Å². The highest BCUT2D eigenvalue weighted by Crippen LogP contribution is 2.24. The normalized spacial score (nSPS) is 12.0. The van der Waals surface area contributed by atoms with Crippen LogP contribution >= 0.6 is 11.3 Å². The number of rotatable bonds is 5. The van der Waals surface area contributed by atoms with E-state index in [0.717, 1.165) is 16.5 Å². The molecule has 2 heterocycles. The molecule has 110 valence electrons. The van der Waals surface area contributed by atoms with Crippen molar-refractivity contribution in [3.8, 4) is 0 Å². The van der Waals surface area contributed by atoms with Gasteiger partial charge in [0, 0.05) is 30.7 Å². The van der Waals surface area contributed by atoms with E-state index in [2.05, 4.69) is 35.5 Å². The Morgan fingerprint density at radius 1 is 1.55 bits per heavy atom. The molecule has 0 radical (unpaired) electrons. The average molecular weight is 295 g/mol. The summed E-state index contributed by atoms with van der Waals surface area (Å²) >= 11 is 1.57. The molecule has 0 unspecified atom stereocenters. The van der Waals surface area contributed by atoms with Crippen molar-refractivity contribution in [2.45, 2.75) is 32.9 Å². The van der Waals surface area contributed by atoms with Crippen molar-refractivity contribution < 1.29 is 4.79 Å². The molecule has 0 aliphatic rings. The molecule has 2 rings (SSSR count). The summed E-state index contributed by atoms with van der Waals surface area (Å²) in [5, 5.41) is 5.46. The third-order valence-corrected chi connectivity index (χ3v) is 3.64. The first-order valence-corrected chi connectivity index (χ1v) is 7.35. The minimum atomic E-state index is -0.362. The van der Waals surface area contributed by atoms with E-state index >= 15 is 0 Å². The second-order valence-electron chi connectivity index (χ2n) is 5.86. The molecular formula is C13H21N5OS. The Bertz CT molecular complexity index is 610. The van der Waals surface area contributed by atoms with E-state index < -0.39 is 0 Å². The summed E-state index contributed by atoms with van der Waals surface area (Å²) in [5.41, 5.74) is 6.32. The SMILES string of the molecule is CN(CC(N)=O)c1nc2sccn2c1CNC(C)(C)C. The van der Waals surface area contributed by atoms with Crippen LogP contribution in [0.15, 0.2) is 11.6 Å². The summed E-state index contributed by atoms with van der Waals surface area (Å²) in [6, 6.07) is 0. The summed E-state index contributed by atoms with van der Waals surface area (Å²) in [7, 11) is 1.83. The van der Waals surface area contributed by atoms with Gasteiger partial charge in [0.15, 0.2) is 10.8 Å². The van der Waals surface area contributed by atoms with Crippen LogP contribution in [0.5, 0.6) is 0 Å². The van der Waals surface area contributed by atoms with Gasteiger partial charge in [-0.2, -0.15) is 0 Å². The van der Waals surface area contributed by atoms with Crippen LogP contribution < -0.4 is 16.0 Å². The molecule has 0 fully saturated rings. The van der Waals surface area contributed by atoms with Gasteiger partial charge in [-0.05, 0) is 20.8 Å². The lowest BCUT2D eigenvalue weighted by Gasteiger charge is -2.22. The number of imidazole rings is 1. The molecule has 7 heteroatoms. The summed E-state index contributed by atoms with van der Waals surface area (Å²) in [6.07, 6.45) is 1.99. The Balaban J connectivity index is 2.33. The first kappa shape index (κ1) is 14.8. The van der Waals surface area contributed by atoms with E-state index in [4.69, 9.17) is 5.73 Å². The van der Waals surface area contributed by atoms with Crippen molar-refractivity contribution in [3.63, 3.8) is 0 Å². The molecule has 0 bridgehead atoms. The van der Waals surface area contributed by atoms with E-state index in [0.29, 0.717) is 6.54 Å². The molecule has 0 spiro atoms. The van der Waals surface area contributed by atoms with Crippen molar-refractivity contribution in [3.05, 3.63) is 17.3 Å². The zero-order chi connectivity index (χ0) is 14.9. The Hall–Kier alpha value is -1.60. The van der Waals surface area contributed by atoms with Crippen LogP contribution in [0.3, 0.4) is 0 Å². The van der Waals surface area contributed by atoms with Crippen LogP contribution in [-0.2, 0) is 11.3 Å². The number of aromatic nitrogens is 2. The Morgan fingerprint density at radius 3 is 2.85 bits per heavy atom.